The second kappa shape index (κ2) is 3.90. The van der Waals surface area contributed by atoms with E-state index in [9.17, 15) is 4.79 Å². The normalized spacial score (nSPS) is 10.9. The van der Waals surface area contributed by atoms with Crippen LogP contribution in [0.5, 0.6) is 0 Å². The summed E-state index contributed by atoms with van der Waals surface area (Å²) < 4.78 is 0.675. The number of nitrogens with zero attached hydrogens (tertiary/aromatic N) is 2. The maximum Gasteiger partial charge on any atom is 0.270 e. The number of halogens is 2. The van der Waals surface area contributed by atoms with Crippen LogP contribution in [0.4, 0.5) is 0 Å². The Balaban J connectivity index is 2.92. The highest BCUT2D eigenvalue weighted by Crippen LogP contribution is 2.23. The van der Waals surface area contributed by atoms with Crippen molar-refractivity contribution < 1.29 is 0 Å². The Morgan fingerprint density at radius 2 is 2.33 bits per heavy atom. The van der Waals surface area contributed by atoms with Gasteiger partial charge < -0.3 is 4.98 Å². The summed E-state index contributed by atoms with van der Waals surface area (Å²) in [7, 11) is 0. The number of hydrogen-bond donors (Lipinski definition) is 1. The summed E-state index contributed by atoms with van der Waals surface area (Å²) in [4.78, 5) is 22.4. The van der Waals surface area contributed by atoms with Crippen LogP contribution in [0.15, 0.2) is 15.5 Å². The summed E-state index contributed by atoms with van der Waals surface area (Å²) in [5.41, 5.74) is 1.37. The highest BCUT2D eigenvalue weighted by atomic mass is 79.9. The van der Waals surface area contributed by atoms with Crippen LogP contribution in [-0.4, -0.2) is 15.0 Å². The minimum Gasteiger partial charge on any atom is -0.318 e. The molecule has 4 nitrogen and oxygen atoms in total. The summed E-state index contributed by atoms with van der Waals surface area (Å²) >= 11 is 9.17. The van der Waals surface area contributed by atoms with Crippen molar-refractivity contribution in [1.82, 2.24) is 15.0 Å². The predicted molar refractivity (Wildman–Crippen MR) is 62.2 cm³/mol. The monoisotopic (exact) mass is 287 g/mol. The predicted octanol–water partition coefficient (Wildman–Crippen LogP) is 2.30. The summed E-state index contributed by atoms with van der Waals surface area (Å²) in [6.07, 6.45) is 2.10. The van der Waals surface area contributed by atoms with Crippen LogP contribution in [0.3, 0.4) is 0 Å². The number of rotatable bonds is 1. The Hall–Kier alpha value is -0.940. The van der Waals surface area contributed by atoms with Gasteiger partial charge in [-0.15, -0.1) is 0 Å². The average molecular weight is 289 g/mol. The molecule has 6 heteroatoms. The van der Waals surface area contributed by atoms with Gasteiger partial charge in [-0.1, -0.05) is 18.5 Å². The van der Waals surface area contributed by atoms with Gasteiger partial charge in [-0.05, 0) is 22.4 Å². The zero-order valence-electron chi connectivity index (χ0n) is 7.84. The first-order chi connectivity index (χ1) is 7.13. The van der Waals surface area contributed by atoms with Crippen molar-refractivity contribution in [2.75, 3.05) is 0 Å². The Morgan fingerprint density at radius 3 is 3.00 bits per heavy atom. The van der Waals surface area contributed by atoms with Crippen molar-refractivity contribution in [3.8, 4) is 0 Å². The number of nitrogens with one attached hydrogen (secondary N) is 1. The van der Waals surface area contributed by atoms with E-state index in [1.165, 1.54) is 6.20 Å². The lowest BCUT2D eigenvalue weighted by molar-refractivity contribution is 0.992. The quantitative estimate of drug-likeness (QED) is 0.819. The van der Waals surface area contributed by atoms with E-state index in [2.05, 4.69) is 30.9 Å². The lowest BCUT2D eigenvalue weighted by Gasteiger charge is -2.03. The molecule has 15 heavy (non-hydrogen) atoms. The highest BCUT2D eigenvalue weighted by Gasteiger charge is 2.09. The van der Waals surface area contributed by atoms with E-state index in [1.807, 2.05) is 6.92 Å². The third kappa shape index (κ3) is 1.77. The van der Waals surface area contributed by atoms with Crippen molar-refractivity contribution in [2.24, 2.45) is 0 Å². The third-order valence-electron chi connectivity index (χ3n) is 2.04. The molecule has 0 atom stereocenters. The molecule has 2 rings (SSSR count). The van der Waals surface area contributed by atoms with Gasteiger partial charge in [0.25, 0.3) is 5.56 Å². The van der Waals surface area contributed by atoms with Crippen LogP contribution >= 0.6 is 27.5 Å². The zero-order chi connectivity index (χ0) is 11.0. The lowest BCUT2D eigenvalue weighted by Crippen LogP contribution is -2.14. The van der Waals surface area contributed by atoms with Gasteiger partial charge in [0.1, 0.15) is 11.2 Å². The van der Waals surface area contributed by atoms with Gasteiger partial charge in [0.05, 0.1) is 9.99 Å². The van der Waals surface area contributed by atoms with E-state index in [-0.39, 0.29) is 5.56 Å². The minimum atomic E-state index is -0.187. The largest absolute Gasteiger partial charge is 0.318 e. The van der Waals surface area contributed by atoms with Crippen LogP contribution in [0.25, 0.3) is 11.0 Å². The van der Waals surface area contributed by atoms with Gasteiger partial charge in [0.2, 0.25) is 0 Å². The highest BCUT2D eigenvalue weighted by molar-refractivity contribution is 9.10. The van der Waals surface area contributed by atoms with Gasteiger partial charge >= 0.3 is 0 Å². The van der Waals surface area contributed by atoms with Crippen molar-refractivity contribution in [3.63, 3.8) is 0 Å². The fourth-order valence-corrected chi connectivity index (χ4v) is 1.86. The Bertz CT molecular complexity index is 581. The van der Waals surface area contributed by atoms with Crippen LogP contribution in [0, 0.1) is 0 Å². The molecule has 1 N–H and O–H groups in total. The molecule has 2 aromatic heterocycles. The molecule has 0 unspecified atom stereocenters. The third-order valence-corrected chi connectivity index (χ3v) is 2.92. The number of fused-ring (bicyclic) bond motifs is 1. The average Bonchev–Trinajstić information content (AvgIpc) is 2.23. The summed E-state index contributed by atoms with van der Waals surface area (Å²) in [5, 5.41) is 0.291. The number of aryl methyl sites for hydroxylation is 1. The molecule has 0 saturated heterocycles. The molecule has 2 aromatic rings. The van der Waals surface area contributed by atoms with Crippen molar-refractivity contribution in [2.45, 2.75) is 13.3 Å². The maximum absolute atomic E-state index is 11.5. The zero-order valence-corrected chi connectivity index (χ0v) is 10.2. The van der Waals surface area contributed by atoms with Crippen LogP contribution in [0.1, 0.15) is 12.6 Å². The number of H-pyrrole nitrogens is 1. The molecule has 2 heterocycles. The molecule has 0 saturated carbocycles. The number of hydrogen-bond acceptors (Lipinski definition) is 3. The minimum absolute atomic E-state index is 0.187. The van der Waals surface area contributed by atoms with Crippen molar-refractivity contribution in [1.29, 1.82) is 0 Å². The summed E-state index contributed by atoms with van der Waals surface area (Å²) in [6, 6.07) is 0. The molecule has 0 bridgehead atoms. The molecule has 0 spiro atoms. The first kappa shape index (κ1) is 10.6. The second-order valence-corrected chi connectivity index (χ2v) is 4.20. The Morgan fingerprint density at radius 1 is 1.60 bits per heavy atom. The Kier molecular flexibility index (Phi) is 2.75. The molecule has 0 radical (unpaired) electrons. The molecule has 0 aliphatic carbocycles. The van der Waals surface area contributed by atoms with Gasteiger partial charge in [0, 0.05) is 6.20 Å². The van der Waals surface area contributed by atoms with Crippen LogP contribution in [0.2, 0.25) is 5.15 Å². The molecule has 78 valence electrons. The fourth-order valence-electron chi connectivity index (χ4n) is 1.29. The maximum atomic E-state index is 11.5. The molecule has 0 aromatic carbocycles. The molecule has 0 fully saturated rings. The van der Waals surface area contributed by atoms with Gasteiger partial charge in [-0.25, -0.2) is 9.97 Å². The van der Waals surface area contributed by atoms with Crippen LogP contribution < -0.4 is 5.56 Å². The van der Waals surface area contributed by atoms with Crippen molar-refractivity contribution in [3.05, 3.63) is 31.9 Å². The topological polar surface area (TPSA) is 58.6 Å². The van der Waals surface area contributed by atoms with E-state index in [1.54, 1.807) is 0 Å². The molecular formula is C9H7BrClN3O. The summed E-state index contributed by atoms with van der Waals surface area (Å²) in [5.74, 6) is 0. The first-order valence-corrected chi connectivity index (χ1v) is 5.53. The SMILES string of the molecule is CCc1nc2c(Cl)ncc(Br)c2[nH]c1=O. The second-order valence-electron chi connectivity index (χ2n) is 2.99. The molecule has 0 aliphatic heterocycles. The molecule has 0 amide bonds. The first-order valence-electron chi connectivity index (χ1n) is 4.36. The Labute approximate surface area is 98.8 Å². The van der Waals surface area contributed by atoms with E-state index in [0.29, 0.717) is 32.8 Å². The number of aromatic nitrogens is 3. The van der Waals surface area contributed by atoms with E-state index in [0.717, 1.165) is 0 Å². The number of aromatic amines is 1. The fraction of sp³-hybridized carbons (Fsp3) is 0.222. The van der Waals surface area contributed by atoms with Crippen LogP contribution in [-0.2, 0) is 6.42 Å². The van der Waals surface area contributed by atoms with E-state index >= 15 is 0 Å². The van der Waals surface area contributed by atoms with E-state index in [4.69, 9.17) is 11.6 Å². The van der Waals surface area contributed by atoms with Gasteiger partial charge in [-0.3, -0.25) is 4.79 Å². The standard InChI is InChI=1S/C9H7BrClN3O/c1-2-5-9(15)14-6-4(10)3-12-8(11)7(6)13-5/h3H,2H2,1H3,(H,14,15). The smallest absolute Gasteiger partial charge is 0.270 e. The van der Waals surface area contributed by atoms with Crippen molar-refractivity contribution >= 4 is 38.6 Å². The lowest BCUT2D eigenvalue weighted by atomic mass is 10.3. The molecular weight excluding hydrogens is 281 g/mol. The van der Waals surface area contributed by atoms with Gasteiger partial charge in [-0.2, -0.15) is 0 Å². The summed E-state index contributed by atoms with van der Waals surface area (Å²) in [6.45, 7) is 1.86. The number of pyridine rings is 1. The molecule has 0 aliphatic rings. The van der Waals surface area contributed by atoms with E-state index < -0.39 is 0 Å². The van der Waals surface area contributed by atoms with Gasteiger partial charge in [0.15, 0.2) is 5.15 Å².